The molecule has 0 aliphatic rings. The highest BCUT2D eigenvalue weighted by Crippen LogP contribution is 2.01. The molecule has 0 aromatic carbocycles. The minimum atomic E-state index is 0.570. The first-order valence-corrected chi connectivity index (χ1v) is 4.67. The lowest BCUT2D eigenvalue weighted by Crippen LogP contribution is -2.01. The molecule has 14 heavy (non-hydrogen) atoms. The largest absolute Gasteiger partial charge is 0.339 e. The maximum atomic E-state index is 5.05. The van der Waals surface area contributed by atoms with Crippen molar-refractivity contribution in [3.05, 3.63) is 30.2 Å². The molecule has 5 nitrogen and oxygen atoms in total. The lowest BCUT2D eigenvalue weighted by atomic mass is 10.3. The summed E-state index contributed by atoms with van der Waals surface area (Å²) in [6, 6.07) is 1.87. The van der Waals surface area contributed by atoms with E-state index in [4.69, 9.17) is 4.52 Å². The minimum Gasteiger partial charge on any atom is -0.339 e. The second kappa shape index (κ2) is 4.04. The Bertz CT molecular complexity index is 379. The van der Waals surface area contributed by atoms with Crippen LogP contribution in [-0.4, -0.2) is 19.9 Å². The predicted octanol–water partition coefficient (Wildman–Crippen LogP) is 1.27. The van der Waals surface area contributed by atoms with Crippen molar-refractivity contribution in [1.82, 2.24) is 19.9 Å². The fourth-order valence-electron chi connectivity index (χ4n) is 1.21. The third kappa shape index (κ3) is 1.99. The van der Waals surface area contributed by atoms with Gasteiger partial charge in [0.25, 0.3) is 0 Å². The van der Waals surface area contributed by atoms with Gasteiger partial charge in [-0.1, -0.05) is 12.1 Å². The summed E-state index contributed by atoms with van der Waals surface area (Å²) in [6.07, 6.45) is 5.46. The minimum absolute atomic E-state index is 0.570. The molecular weight excluding hydrogens is 180 g/mol. The highest BCUT2D eigenvalue weighted by atomic mass is 16.5. The van der Waals surface area contributed by atoms with Crippen LogP contribution in [-0.2, 0) is 13.0 Å². The molecule has 0 saturated heterocycles. The van der Waals surface area contributed by atoms with Crippen LogP contribution in [0, 0.1) is 0 Å². The van der Waals surface area contributed by atoms with E-state index in [0.717, 1.165) is 12.8 Å². The number of aromatic nitrogens is 4. The van der Waals surface area contributed by atoms with Gasteiger partial charge >= 0.3 is 0 Å². The van der Waals surface area contributed by atoms with Gasteiger partial charge in [-0.15, -0.1) is 0 Å². The highest BCUT2D eigenvalue weighted by Gasteiger charge is 2.05. The average Bonchev–Trinajstić information content (AvgIpc) is 2.79. The van der Waals surface area contributed by atoms with Crippen molar-refractivity contribution in [3.63, 3.8) is 0 Å². The second-order valence-electron chi connectivity index (χ2n) is 3.06. The van der Waals surface area contributed by atoms with Crippen LogP contribution in [0.4, 0.5) is 0 Å². The standard InChI is InChI=1S/C9H12N4O/c1-2-4-9-11-8(12-14-9)7-13-6-3-5-10-13/h3,5-6H,2,4,7H2,1H3. The summed E-state index contributed by atoms with van der Waals surface area (Å²) < 4.78 is 6.82. The summed E-state index contributed by atoms with van der Waals surface area (Å²) in [5.74, 6) is 1.38. The monoisotopic (exact) mass is 192 g/mol. The number of rotatable bonds is 4. The third-order valence-electron chi connectivity index (χ3n) is 1.84. The molecule has 0 aliphatic heterocycles. The lowest BCUT2D eigenvalue weighted by Gasteiger charge is -1.92. The van der Waals surface area contributed by atoms with E-state index in [1.807, 2.05) is 12.3 Å². The van der Waals surface area contributed by atoms with Crippen LogP contribution in [0.1, 0.15) is 25.1 Å². The number of hydrogen-bond donors (Lipinski definition) is 0. The lowest BCUT2D eigenvalue weighted by molar-refractivity contribution is 0.370. The Morgan fingerprint density at radius 3 is 3.14 bits per heavy atom. The van der Waals surface area contributed by atoms with Crippen LogP contribution in [0.5, 0.6) is 0 Å². The molecule has 0 spiro atoms. The highest BCUT2D eigenvalue weighted by molar-refractivity contribution is 4.88. The normalized spacial score (nSPS) is 10.6. The van der Waals surface area contributed by atoms with Crippen molar-refractivity contribution >= 4 is 0 Å². The fourth-order valence-corrected chi connectivity index (χ4v) is 1.21. The molecule has 0 atom stereocenters. The summed E-state index contributed by atoms with van der Waals surface area (Å²) in [4.78, 5) is 4.24. The molecular formula is C9H12N4O. The van der Waals surface area contributed by atoms with Crippen molar-refractivity contribution in [2.24, 2.45) is 0 Å². The maximum absolute atomic E-state index is 5.05. The number of aryl methyl sites for hydroxylation is 1. The molecule has 0 radical (unpaired) electrons. The van der Waals surface area contributed by atoms with E-state index in [2.05, 4.69) is 22.2 Å². The molecule has 5 heteroatoms. The first-order chi connectivity index (χ1) is 6.88. The second-order valence-corrected chi connectivity index (χ2v) is 3.06. The molecule has 0 saturated carbocycles. The SMILES string of the molecule is CCCc1nc(Cn2cccn2)no1. The molecule has 2 aromatic rings. The zero-order chi connectivity index (χ0) is 9.80. The third-order valence-corrected chi connectivity index (χ3v) is 1.84. The van der Waals surface area contributed by atoms with E-state index >= 15 is 0 Å². The van der Waals surface area contributed by atoms with Gasteiger partial charge in [0.15, 0.2) is 5.82 Å². The Hall–Kier alpha value is -1.65. The van der Waals surface area contributed by atoms with Crippen molar-refractivity contribution in [3.8, 4) is 0 Å². The number of hydrogen-bond acceptors (Lipinski definition) is 4. The Morgan fingerprint density at radius 1 is 1.50 bits per heavy atom. The van der Waals surface area contributed by atoms with E-state index in [9.17, 15) is 0 Å². The molecule has 2 heterocycles. The molecule has 0 N–H and O–H groups in total. The van der Waals surface area contributed by atoms with Gasteiger partial charge in [0, 0.05) is 18.8 Å². The summed E-state index contributed by atoms with van der Waals surface area (Å²) in [5, 5.41) is 7.92. The first kappa shape index (κ1) is 8.93. The Kier molecular flexibility index (Phi) is 2.58. The van der Waals surface area contributed by atoms with E-state index in [1.165, 1.54) is 0 Å². The Labute approximate surface area is 81.7 Å². The maximum Gasteiger partial charge on any atom is 0.226 e. The van der Waals surface area contributed by atoms with Crippen LogP contribution < -0.4 is 0 Å². The molecule has 0 amide bonds. The summed E-state index contributed by atoms with van der Waals surface area (Å²) in [5.41, 5.74) is 0. The van der Waals surface area contributed by atoms with Crippen molar-refractivity contribution in [1.29, 1.82) is 0 Å². The van der Waals surface area contributed by atoms with E-state index in [-0.39, 0.29) is 0 Å². The van der Waals surface area contributed by atoms with Crippen molar-refractivity contribution in [2.75, 3.05) is 0 Å². The summed E-state index contributed by atoms with van der Waals surface area (Å²) in [7, 11) is 0. The van der Waals surface area contributed by atoms with E-state index in [0.29, 0.717) is 18.3 Å². The van der Waals surface area contributed by atoms with E-state index < -0.39 is 0 Å². The first-order valence-electron chi connectivity index (χ1n) is 4.67. The fraction of sp³-hybridized carbons (Fsp3) is 0.444. The van der Waals surface area contributed by atoms with Crippen molar-refractivity contribution < 1.29 is 4.52 Å². The molecule has 0 fully saturated rings. The molecule has 0 unspecified atom stereocenters. The molecule has 2 rings (SSSR count). The summed E-state index contributed by atoms with van der Waals surface area (Å²) in [6.45, 7) is 2.65. The van der Waals surface area contributed by atoms with Crippen LogP contribution in [0.2, 0.25) is 0 Å². The van der Waals surface area contributed by atoms with Crippen LogP contribution in [0.3, 0.4) is 0 Å². The molecule has 0 bridgehead atoms. The topological polar surface area (TPSA) is 56.7 Å². The van der Waals surface area contributed by atoms with Gasteiger partial charge in [-0.3, -0.25) is 4.68 Å². The van der Waals surface area contributed by atoms with Gasteiger partial charge in [0.1, 0.15) is 6.54 Å². The summed E-state index contributed by atoms with van der Waals surface area (Å²) >= 11 is 0. The van der Waals surface area contributed by atoms with E-state index in [1.54, 1.807) is 10.9 Å². The van der Waals surface area contributed by atoms with Gasteiger partial charge in [-0.05, 0) is 12.5 Å². The Balaban J connectivity index is 2.03. The van der Waals surface area contributed by atoms with Gasteiger partial charge < -0.3 is 4.52 Å². The zero-order valence-electron chi connectivity index (χ0n) is 8.05. The molecule has 74 valence electrons. The van der Waals surface area contributed by atoms with Gasteiger partial charge in [-0.2, -0.15) is 10.1 Å². The van der Waals surface area contributed by atoms with Crippen LogP contribution >= 0.6 is 0 Å². The van der Waals surface area contributed by atoms with Crippen molar-refractivity contribution in [2.45, 2.75) is 26.3 Å². The van der Waals surface area contributed by atoms with Gasteiger partial charge in [0.05, 0.1) is 0 Å². The quantitative estimate of drug-likeness (QED) is 0.731. The van der Waals surface area contributed by atoms with Gasteiger partial charge in [0.2, 0.25) is 5.89 Å². The predicted molar refractivity (Wildman–Crippen MR) is 49.6 cm³/mol. The van der Waals surface area contributed by atoms with Crippen LogP contribution in [0.25, 0.3) is 0 Å². The zero-order valence-corrected chi connectivity index (χ0v) is 8.05. The molecule has 0 aliphatic carbocycles. The Morgan fingerprint density at radius 2 is 2.43 bits per heavy atom. The smallest absolute Gasteiger partial charge is 0.226 e. The van der Waals surface area contributed by atoms with Crippen LogP contribution in [0.15, 0.2) is 23.0 Å². The number of nitrogens with zero attached hydrogens (tertiary/aromatic N) is 4. The average molecular weight is 192 g/mol. The molecule has 2 aromatic heterocycles. The van der Waals surface area contributed by atoms with Gasteiger partial charge in [-0.25, -0.2) is 0 Å².